The van der Waals surface area contributed by atoms with Gasteiger partial charge in [0.1, 0.15) is 11.5 Å². The third-order valence-electron chi connectivity index (χ3n) is 5.02. The van der Waals surface area contributed by atoms with Crippen LogP contribution in [0.4, 0.5) is 13.2 Å². The first-order valence-corrected chi connectivity index (χ1v) is 10.4. The number of hydrogen-bond acceptors (Lipinski definition) is 3. The molecule has 3 aromatic rings. The van der Waals surface area contributed by atoms with E-state index in [1.807, 2.05) is 0 Å². The van der Waals surface area contributed by atoms with Crippen molar-refractivity contribution in [1.82, 2.24) is 15.1 Å². The lowest BCUT2D eigenvalue weighted by Gasteiger charge is -2.16. The summed E-state index contributed by atoms with van der Waals surface area (Å²) in [4.78, 5) is 24.0. The number of hydrogen-bond donors (Lipinski definition) is 2. The van der Waals surface area contributed by atoms with Gasteiger partial charge in [0, 0.05) is 13.5 Å². The second-order valence-electron chi connectivity index (χ2n) is 7.30. The Labute approximate surface area is 196 Å². The lowest BCUT2D eigenvalue weighted by molar-refractivity contribution is 0.0691. The number of carbonyl (C=O) groups is 2. The number of aromatic nitrogens is 2. The highest BCUT2D eigenvalue weighted by Crippen LogP contribution is 2.29. The van der Waals surface area contributed by atoms with Gasteiger partial charge >= 0.3 is 5.97 Å². The SMILES string of the molecule is C[C@H](NC(=O)c1c(Cc2ccc(Cl)c(Cl)c2)nn(C)c1C(F)F)c1ccc(C(=O)O)c(F)c1. The predicted molar refractivity (Wildman–Crippen MR) is 117 cm³/mol. The average Bonchev–Trinajstić information content (AvgIpc) is 3.06. The number of halogens is 5. The van der Waals surface area contributed by atoms with E-state index < -0.39 is 41.4 Å². The van der Waals surface area contributed by atoms with Crippen molar-refractivity contribution in [3.8, 4) is 0 Å². The van der Waals surface area contributed by atoms with E-state index >= 15 is 0 Å². The molecule has 1 aromatic heterocycles. The molecule has 6 nitrogen and oxygen atoms in total. The number of alkyl halides is 2. The maximum Gasteiger partial charge on any atom is 0.338 e. The zero-order chi connectivity index (χ0) is 24.4. The molecule has 0 saturated carbocycles. The fourth-order valence-corrected chi connectivity index (χ4v) is 3.71. The second kappa shape index (κ2) is 9.84. The van der Waals surface area contributed by atoms with Gasteiger partial charge in [-0.2, -0.15) is 5.10 Å². The molecule has 0 spiro atoms. The maximum absolute atomic E-state index is 14.0. The predicted octanol–water partition coefficient (Wildman–Crippen LogP) is 5.58. The highest BCUT2D eigenvalue weighted by Gasteiger charge is 2.29. The standard InChI is InChI=1S/C22H18Cl2F3N3O3/c1-10(12-4-5-13(22(32)33)16(25)9-12)28-21(31)18-17(29-30(2)19(18)20(26)27)8-11-3-6-14(23)15(24)7-11/h3-7,9-10,20H,8H2,1-2H3,(H,28,31)(H,32,33)/t10-/m0/s1. The number of aryl methyl sites for hydroxylation is 1. The second-order valence-corrected chi connectivity index (χ2v) is 8.11. The summed E-state index contributed by atoms with van der Waals surface area (Å²) in [6.07, 6.45) is -2.94. The number of carboxylic acid groups (broad SMARTS) is 1. The molecular formula is C22H18Cl2F3N3O3. The quantitative estimate of drug-likeness (QED) is 0.444. The van der Waals surface area contributed by atoms with Crippen LogP contribution in [0.5, 0.6) is 0 Å². The van der Waals surface area contributed by atoms with Gasteiger partial charge in [0.15, 0.2) is 0 Å². The number of nitrogens with one attached hydrogen (secondary N) is 1. The van der Waals surface area contributed by atoms with Crippen LogP contribution in [0.2, 0.25) is 10.0 Å². The van der Waals surface area contributed by atoms with Crippen LogP contribution in [0.25, 0.3) is 0 Å². The molecule has 0 aliphatic heterocycles. The van der Waals surface area contributed by atoms with Gasteiger partial charge in [-0.05, 0) is 42.3 Å². The van der Waals surface area contributed by atoms with Crippen molar-refractivity contribution >= 4 is 35.1 Å². The van der Waals surface area contributed by atoms with Gasteiger partial charge in [-0.25, -0.2) is 18.0 Å². The summed E-state index contributed by atoms with van der Waals surface area (Å²) in [7, 11) is 1.31. The van der Waals surface area contributed by atoms with Crippen molar-refractivity contribution in [3.63, 3.8) is 0 Å². The molecule has 174 valence electrons. The monoisotopic (exact) mass is 499 g/mol. The van der Waals surface area contributed by atoms with Crippen molar-refractivity contribution in [2.24, 2.45) is 7.05 Å². The number of nitrogens with zero attached hydrogens (tertiary/aromatic N) is 2. The van der Waals surface area contributed by atoms with E-state index in [2.05, 4.69) is 10.4 Å². The van der Waals surface area contributed by atoms with Crippen molar-refractivity contribution < 1.29 is 27.9 Å². The van der Waals surface area contributed by atoms with Gasteiger partial charge < -0.3 is 10.4 Å². The Morgan fingerprint density at radius 1 is 1.15 bits per heavy atom. The molecule has 1 atom stereocenters. The van der Waals surface area contributed by atoms with E-state index in [1.54, 1.807) is 18.2 Å². The van der Waals surface area contributed by atoms with Crippen molar-refractivity contribution in [2.45, 2.75) is 25.8 Å². The average molecular weight is 500 g/mol. The molecular weight excluding hydrogens is 482 g/mol. The molecule has 0 aliphatic rings. The Kier molecular flexibility index (Phi) is 7.34. The summed E-state index contributed by atoms with van der Waals surface area (Å²) in [5.74, 6) is -3.24. The normalized spacial score (nSPS) is 12.1. The van der Waals surface area contributed by atoms with E-state index in [9.17, 15) is 22.8 Å². The van der Waals surface area contributed by atoms with E-state index in [-0.39, 0.29) is 28.3 Å². The van der Waals surface area contributed by atoms with Crippen LogP contribution in [0.15, 0.2) is 36.4 Å². The van der Waals surface area contributed by atoms with Crippen LogP contribution >= 0.6 is 23.2 Å². The highest BCUT2D eigenvalue weighted by atomic mass is 35.5. The minimum Gasteiger partial charge on any atom is -0.478 e. The fraction of sp³-hybridized carbons (Fsp3) is 0.227. The summed E-state index contributed by atoms with van der Waals surface area (Å²) >= 11 is 11.9. The lowest BCUT2D eigenvalue weighted by atomic mass is 10.0. The Morgan fingerprint density at radius 2 is 1.85 bits per heavy atom. The van der Waals surface area contributed by atoms with E-state index in [4.69, 9.17) is 28.3 Å². The molecule has 0 bridgehead atoms. The number of carbonyl (C=O) groups excluding carboxylic acids is 1. The summed E-state index contributed by atoms with van der Waals surface area (Å²) in [5.41, 5.74) is -0.414. The lowest BCUT2D eigenvalue weighted by Crippen LogP contribution is -2.28. The third kappa shape index (κ3) is 5.31. The van der Waals surface area contributed by atoms with E-state index in [0.29, 0.717) is 10.6 Å². The minimum absolute atomic E-state index is 0.0382. The Balaban J connectivity index is 1.93. The van der Waals surface area contributed by atoms with Crippen molar-refractivity contribution in [2.75, 3.05) is 0 Å². The fourth-order valence-electron chi connectivity index (χ4n) is 3.39. The van der Waals surface area contributed by atoms with Crippen molar-refractivity contribution in [1.29, 1.82) is 0 Å². The van der Waals surface area contributed by atoms with Crippen LogP contribution in [-0.2, 0) is 13.5 Å². The van der Waals surface area contributed by atoms with Crippen LogP contribution in [0.1, 0.15) is 62.6 Å². The maximum atomic E-state index is 14.0. The van der Waals surface area contributed by atoms with E-state index in [0.717, 1.165) is 16.8 Å². The molecule has 0 fully saturated rings. The number of rotatable bonds is 7. The first kappa shape index (κ1) is 24.6. The zero-order valence-corrected chi connectivity index (χ0v) is 18.9. The molecule has 0 radical (unpaired) electrons. The molecule has 2 aromatic carbocycles. The Morgan fingerprint density at radius 3 is 2.42 bits per heavy atom. The van der Waals surface area contributed by atoms with Gasteiger partial charge in [-0.3, -0.25) is 9.48 Å². The number of benzene rings is 2. The van der Waals surface area contributed by atoms with Crippen molar-refractivity contribution in [3.05, 3.63) is 85.9 Å². The van der Waals surface area contributed by atoms with Gasteiger partial charge in [0.25, 0.3) is 12.3 Å². The van der Waals surface area contributed by atoms with Crippen LogP contribution in [0.3, 0.4) is 0 Å². The molecule has 11 heteroatoms. The highest BCUT2D eigenvalue weighted by molar-refractivity contribution is 6.42. The zero-order valence-electron chi connectivity index (χ0n) is 17.4. The molecule has 0 aliphatic carbocycles. The summed E-state index contributed by atoms with van der Waals surface area (Å²) < 4.78 is 42.5. The van der Waals surface area contributed by atoms with Crippen LogP contribution in [0, 0.1) is 5.82 Å². The number of aromatic carboxylic acids is 1. The summed E-state index contributed by atoms with van der Waals surface area (Å²) in [5, 5.41) is 16.2. The molecule has 33 heavy (non-hydrogen) atoms. The third-order valence-corrected chi connectivity index (χ3v) is 5.76. The number of carboxylic acids is 1. The Hall–Kier alpha value is -3.04. The molecule has 2 N–H and O–H groups in total. The molecule has 1 heterocycles. The first-order valence-electron chi connectivity index (χ1n) is 9.61. The Bertz CT molecular complexity index is 1230. The smallest absolute Gasteiger partial charge is 0.338 e. The molecule has 0 saturated heterocycles. The summed E-state index contributed by atoms with van der Waals surface area (Å²) in [6, 6.07) is 7.32. The van der Waals surface area contributed by atoms with Gasteiger partial charge in [-0.15, -0.1) is 0 Å². The molecule has 3 rings (SSSR count). The molecule has 0 unspecified atom stereocenters. The van der Waals surface area contributed by atoms with Crippen LogP contribution < -0.4 is 5.32 Å². The molecule has 1 amide bonds. The number of amides is 1. The topological polar surface area (TPSA) is 84.2 Å². The van der Waals surface area contributed by atoms with Gasteiger partial charge in [0.2, 0.25) is 0 Å². The van der Waals surface area contributed by atoms with E-state index in [1.165, 1.54) is 20.0 Å². The van der Waals surface area contributed by atoms with Crippen LogP contribution in [-0.4, -0.2) is 26.8 Å². The van der Waals surface area contributed by atoms with Gasteiger partial charge in [0.05, 0.1) is 32.9 Å². The first-order chi connectivity index (χ1) is 15.5. The van der Waals surface area contributed by atoms with Gasteiger partial charge in [-0.1, -0.05) is 35.3 Å². The largest absolute Gasteiger partial charge is 0.478 e. The summed E-state index contributed by atoms with van der Waals surface area (Å²) in [6.45, 7) is 1.52. The minimum atomic E-state index is -2.98.